The van der Waals surface area contributed by atoms with E-state index >= 15 is 0 Å². The molecule has 1 amide bonds. The Morgan fingerprint density at radius 1 is 1.10 bits per heavy atom. The third-order valence-electron chi connectivity index (χ3n) is 5.47. The number of Topliss-reactive ketones (excluding diaryl/α,β-unsaturated/α-hetero) is 1. The van der Waals surface area contributed by atoms with Crippen LogP contribution in [0.4, 0.5) is 5.69 Å². The number of nitrogens with zero attached hydrogens (tertiary/aromatic N) is 3. The van der Waals surface area contributed by atoms with Crippen molar-refractivity contribution in [1.82, 2.24) is 14.8 Å². The van der Waals surface area contributed by atoms with Crippen LogP contribution in [0.25, 0.3) is 6.08 Å². The fourth-order valence-corrected chi connectivity index (χ4v) is 3.88. The summed E-state index contributed by atoms with van der Waals surface area (Å²) >= 11 is 0. The van der Waals surface area contributed by atoms with Crippen molar-refractivity contribution in [1.29, 1.82) is 0 Å². The number of nitrogens with one attached hydrogen (secondary N) is 1. The standard InChI is InChI=1S/C25H20N4O2/c30-24-6-5-20(13-23(24)21-11-18-3-1-2-4-19(18)12-21)25(31)28-22-14-27-29(16-22)15-17-7-9-26-10-8-17/h1-5,7-11,13-14,16H,6,12,15H2,(H,28,31). The van der Waals surface area contributed by atoms with Gasteiger partial charge in [0.05, 0.1) is 18.4 Å². The van der Waals surface area contributed by atoms with Gasteiger partial charge in [0.2, 0.25) is 0 Å². The Labute approximate surface area is 179 Å². The molecule has 0 radical (unpaired) electrons. The SMILES string of the molecule is O=C1CC=C(C(=O)Nc2cnn(Cc3ccncc3)c2)C=C1C1=Cc2ccccc2C1. The Hall–Kier alpha value is -4.06. The summed E-state index contributed by atoms with van der Waals surface area (Å²) in [6, 6.07) is 11.9. The smallest absolute Gasteiger partial charge is 0.255 e. The van der Waals surface area contributed by atoms with E-state index in [2.05, 4.69) is 21.5 Å². The molecule has 1 N–H and O–H groups in total. The molecule has 0 bridgehead atoms. The maximum Gasteiger partial charge on any atom is 0.255 e. The summed E-state index contributed by atoms with van der Waals surface area (Å²) in [4.78, 5) is 29.4. The molecule has 2 aliphatic carbocycles. The largest absolute Gasteiger partial charge is 0.319 e. The van der Waals surface area contributed by atoms with Crippen LogP contribution in [0.3, 0.4) is 0 Å². The molecule has 5 rings (SSSR count). The molecular formula is C25H20N4O2. The van der Waals surface area contributed by atoms with Gasteiger partial charge in [0.25, 0.3) is 5.91 Å². The van der Waals surface area contributed by atoms with Gasteiger partial charge in [-0.2, -0.15) is 5.10 Å². The van der Waals surface area contributed by atoms with E-state index < -0.39 is 0 Å². The molecule has 0 atom stereocenters. The zero-order valence-electron chi connectivity index (χ0n) is 16.8. The number of fused-ring (bicyclic) bond motifs is 1. The predicted molar refractivity (Wildman–Crippen MR) is 118 cm³/mol. The fraction of sp³-hybridized carbons (Fsp3) is 0.120. The lowest BCUT2D eigenvalue weighted by molar-refractivity contribution is -0.114. The maximum atomic E-state index is 12.8. The predicted octanol–water partition coefficient (Wildman–Crippen LogP) is 3.73. The number of anilines is 1. The van der Waals surface area contributed by atoms with E-state index in [9.17, 15) is 9.59 Å². The third kappa shape index (κ3) is 4.00. The molecule has 0 spiro atoms. The van der Waals surface area contributed by atoms with Crippen LogP contribution in [0.5, 0.6) is 0 Å². The molecule has 31 heavy (non-hydrogen) atoms. The lowest BCUT2D eigenvalue weighted by Crippen LogP contribution is -2.18. The number of pyridine rings is 1. The number of hydrogen-bond acceptors (Lipinski definition) is 4. The molecule has 0 saturated heterocycles. The number of rotatable bonds is 5. The Balaban J connectivity index is 1.29. The highest BCUT2D eigenvalue weighted by Gasteiger charge is 2.24. The molecule has 2 heterocycles. The first-order valence-electron chi connectivity index (χ1n) is 10.1. The van der Waals surface area contributed by atoms with Crippen molar-refractivity contribution >= 4 is 23.5 Å². The van der Waals surface area contributed by atoms with Gasteiger partial charge in [0.1, 0.15) is 0 Å². The van der Waals surface area contributed by atoms with Crippen molar-refractivity contribution in [3.05, 3.63) is 107 Å². The van der Waals surface area contributed by atoms with Crippen LogP contribution in [-0.4, -0.2) is 26.5 Å². The first-order valence-corrected chi connectivity index (χ1v) is 10.1. The second-order valence-corrected chi connectivity index (χ2v) is 7.63. The van der Waals surface area contributed by atoms with Crippen LogP contribution in [0.2, 0.25) is 0 Å². The number of benzene rings is 1. The van der Waals surface area contributed by atoms with Gasteiger partial charge in [-0.05, 0) is 46.9 Å². The highest BCUT2D eigenvalue weighted by molar-refractivity contribution is 6.12. The average molecular weight is 408 g/mol. The van der Waals surface area contributed by atoms with Crippen molar-refractivity contribution in [3.8, 4) is 0 Å². The second kappa shape index (κ2) is 7.99. The minimum atomic E-state index is -0.246. The summed E-state index contributed by atoms with van der Waals surface area (Å²) in [5, 5.41) is 7.19. The highest BCUT2D eigenvalue weighted by atomic mass is 16.2. The first kappa shape index (κ1) is 18.9. The summed E-state index contributed by atoms with van der Waals surface area (Å²) in [7, 11) is 0. The first-order chi connectivity index (χ1) is 15.2. The molecule has 0 unspecified atom stereocenters. The summed E-state index contributed by atoms with van der Waals surface area (Å²) in [5.41, 5.74) is 6.10. The van der Waals surface area contributed by atoms with Gasteiger partial charge in [-0.25, -0.2) is 0 Å². The monoisotopic (exact) mass is 408 g/mol. The lowest BCUT2D eigenvalue weighted by atomic mass is 9.91. The van der Waals surface area contributed by atoms with E-state index in [-0.39, 0.29) is 18.1 Å². The molecular weight excluding hydrogens is 388 g/mol. The maximum absolute atomic E-state index is 12.8. The molecule has 3 aromatic rings. The van der Waals surface area contributed by atoms with Crippen LogP contribution < -0.4 is 5.32 Å². The van der Waals surface area contributed by atoms with Crippen LogP contribution in [0.1, 0.15) is 23.1 Å². The number of carbonyl (C=O) groups is 2. The molecule has 1 aromatic carbocycles. The molecule has 6 heteroatoms. The Bertz CT molecular complexity index is 1270. The fourth-order valence-electron chi connectivity index (χ4n) is 3.88. The van der Waals surface area contributed by atoms with Gasteiger partial charge in [-0.3, -0.25) is 19.3 Å². The number of ketones is 1. The number of aromatic nitrogens is 3. The van der Waals surface area contributed by atoms with Crippen LogP contribution >= 0.6 is 0 Å². The molecule has 0 saturated carbocycles. The minimum Gasteiger partial charge on any atom is -0.319 e. The van der Waals surface area contributed by atoms with E-state index in [0.717, 1.165) is 16.7 Å². The van der Waals surface area contributed by atoms with Gasteiger partial charge >= 0.3 is 0 Å². The quantitative estimate of drug-likeness (QED) is 0.698. The molecule has 6 nitrogen and oxygen atoms in total. The zero-order chi connectivity index (χ0) is 21.2. The van der Waals surface area contributed by atoms with Crippen LogP contribution in [0, 0.1) is 0 Å². The van der Waals surface area contributed by atoms with Gasteiger partial charge < -0.3 is 5.32 Å². The number of amides is 1. The number of carbonyl (C=O) groups excluding carboxylic acids is 2. The van der Waals surface area contributed by atoms with E-state index in [0.29, 0.717) is 29.8 Å². The summed E-state index contributed by atoms with van der Waals surface area (Å²) in [5.74, 6) is -0.203. The Kier molecular flexibility index (Phi) is 4.88. The van der Waals surface area contributed by atoms with Crippen molar-refractivity contribution in [3.63, 3.8) is 0 Å². The number of allylic oxidation sites excluding steroid dienone is 3. The Morgan fingerprint density at radius 2 is 1.94 bits per heavy atom. The molecule has 2 aliphatic rings. The molecule has 2 aromatic heterocycles. The second-order valence-electron chi connectivity index (χ2n) is 7.63. The molecule has 0 aliphatic heterocycles. The van der Waals surface area contributed by atoms with Crippen molar-refractivity contribution in [2.24, 2.45) is 0 Å². The normalized spacial score (nSPS) is 15.1. The van der Waals surface area contributed by atoms with Crippen molar-refractivity contribution in [2.75, 3.05) is 5.32 Å². The topological polar surface area (TPSA) is 76.9 Å². The van der Waals surface area contributed by atoms with Crippen molar-refractivity contribution in [2.45, 2.75) is 19.4 Å². The average Bonchev–Trinajstić information content (AvgIpc) is 3.41. The van der Waals surface area contributed by atoms with E-state index in [4.69, 9.17) is 0 Å². The van der Waals surface area contributed by atoms with Gasteiger partial charge in [-0.15, -0.1) is 0 Å². The third-order valence-corrected chi connectivity index (χ3v) is 5.47. The highest BCUT2D eigenvalue weighted by Crippen LogP contribution is 2.32. The van der Waals surface area contributed by atoms with Crippen molar-refractivity contribution < 1.29 is 9.59 Å². The summed E-state index contributed by atoms with van der Waals surface area (Å²) in [6.45, 7) is 0.592. The zero-order valence-corrected chi connectivity index (χ0v) is 16.8. The van der Waals surface area contributed by atoms with E-state index in [1.807, 2.05) is 36.4 Å². The summed E-state index contributed by atoms with van der Waals surface area (Å²) < 4.78 is 1.76. The lowest BCUT2D eigenvalue weighted by Gasteiger charge is -2.14. The Morgan fingerprint density at radius 3 is 2.77 bits per heavy atom. The van der Waals surface area contributed by atoms with Crippen LogP contribution in [0.15, 0.2) is 90.1 Å². The van der Waals surface area contributed by atoms with Crippen LogP contribution in [-0.2, 0) is 22.6 Å². The minimum absolute atomic E-state index is 0.0424. The number of hydrogen-bond donors (Lipinski definition) is 1. The summed E-state index contributed by atoms with van der Waals surface area (Å²) in [6.07, 6.45) is 13.3. The van der Waals surface area contributed by atoms with E-state index in [1.54, 1.807) is 41.6 Å². The van der Waals surface area contributed by atoms with E-state index in [1.165, 1.54) is 5.56 Å². The molecule has 0 fully saturated rings. The molecule has 152 valence electrons. The van der Waals surface area contributed by atoms with Gasteiger partial charge in [0.15, 0.2) is 5.78 Å². The van der Waals surface area contributed by atoms with Gasteiger partial charge in [0, 0.05) is 36.2 Å². The van der Waals surface area contributed by atoms with Gasteiger partial charge in [-0.1, -0.05) is 36.4 Å².